The van der Waals surface area contributed by atoms with Gasteiger partial charge in [-0.1, -0.05) is 141 Å². The van der Waals surface area contributed by atoms with Gasteiger partial charge in [0.25, 0.3) is 0 Å². The maximum atomic E-state index is 6.41. The van der Waals surface area contributed by atoms with Crippen LogP contribution in [0, 0.1) is 0 Å². The summed E-state index contributed by atoms with van der Waals surface area (Å²) in [4.78, 5) is 2.44. The summed E-state index contributed by atoms with van der Waals surface area (Å²) in [6.07, 6.45) is 0. The molecule has 58 heavy (non-hydrogen) atoms. The molecule has 9 aromatic carbocycles. The van der Waals surface area contributed by atoms with Crippen LogP contribution in [-0.4, -0.2) is 4.57 Å². The highest BCUT2D eigenvalue weighted by Gasteiger charge is 2.35. The minimum absolute atomic E-state index is 0.109. The number of hydrogen-bond acceptors (Lipinski definition) is 2. The molecule has 0 unspecified atom stereocenters. The number of nitrogens with zero attached hydrogens (tertiary/aromatic N) is 2. The molecule has 0 aliphatic heterocycles. The van der Waals surface area contributed by atoms with Crippen LogP contribution in [0.3, 0.4) is 0 Å². The average Bonchev–Trinajstić information content (AvgIpc) is 3.89. The summed E-state index contributed by atoms with van der Waals surface area (Å²) in [6, 6.07) is 70.8. The Hall–Kier alpha value is -7.36. The van der Waals surface area contributed by atoms with E-state index in [1.807, 2.05) is 12.1 Å². The Morgan fingerprint density at radius 2 is 1.07 bits per heavy atom. The van der Waals surface area contributed by atoms with E-state index in [-0.39, 0.29) is 5.41 Å². The molecule has 11 aromatic rings. The summed E-state index contributed by atoms with van der Waals surface area (Å²) < 4.78 is 8.81. The van der Waals surface area contributed by atoms with Crippen LogP contribution < -0.4 is 4.90 Å². The molecule has 2 aromatic heterocycles. The lowest BCUT2D eigenvalue weighted by Gasteiger charge is -2.28. The Kier molecular flexibility index (Phi) is 6.98. The van der Waals surface area contributed by atoms with Crippen molar-refractivity contribution in [2.45, 2.75) is 19.3 Å². The molecular formula is C55H38N2O. The fraction of sp³-hybridized carbons (Fsp3) is 0.0545. The highest BCUT2D eigenvalue weighted by molar-refractivity contribution is 6.12. The first kappa shape index (κ1) is 32.8. The van der Waals surface area contributed by atoms with E-state index in [0.717, 1.165) is 55.8 Å². The molecule has 0 fully saturated rings. The fourth-order valence-corrected chi connectivity index (χ4v) is 9.74. The van der Waals surface area contributed by atoms with Gasteiger partial charge in [0.05, 0.1) is 11.0 Å². The highest BCUT2D eigenvalue weighted by atomic mass is 16.3. The molecule has 1 aliphatic rings. The second-order valence-corrected chi connectivity index (χ2v) is 16.1. The Labute approximate surface area is 336 Å². The van der Waals surface area contributed by atoms with E-state index in [1.165, 1.54) is 54.8 Å². The van der Waals surface area contributed by atoms with E-state index in [2.05, 4.69) is 205 Å². The summed E-state index contributed by atoms with van der Waals surface area (Å²) >= 11 is 0. The highest BCUT2D eigenvalue weighted by Crippen LogP contribution is 2.51. The van der Waals surface area contributed by atoms with Crippen molar-refractivity contribution in [2.24, 2.45) is 0 Å². The molecule has 0 amide bonds. The maximum absolute atomic E-state index is 6.41. The van der Waals surface area contributed by atoms with Gasteiger partial charge < -0.3 is 13.9 Å². The van der Waals surface area contributed by atoms with Crippen molar-refractivity contribution in [1.82, 2.24) is 4.57 Å². The molecule has 274 valence electrons. The van der Waals surface area contributed by atoms with Crippen molar-refractivity contribution < 1.29 is 4.42 Å². The van der Waals surface area contributed by atoms with E-state index in [1.54, 1.807) is 0 Å². The van der Waals surface area contributed by atoms with Crippen molar-refractivity contribution in [3.8, 4) is 27.9 Å². The monoisotopic (exact) mass is 742 g/mol. The zero-order chi connectivity index (χ0) is 38.5. The zero-order valence-corrected chi connectivity index (χ0v) is 32.3. The lowest BCUT2D eigenvalue weighted by atomic mass is 9.82. The molecule has 0 N–H and O–H groups in total. The van der Waals surface area contributed by atoms with Crippen LogP contribution in [0.1, 0.15) is 25.0 Å². The predicted molar refractivity (Wildman–Crippen MR) is 243 cm³/mol. The van der Waals surface area contributed by atoms with Gasteiger partial charge in [-0.2, -0.15) is 0 Å². The molecule has 0 atom stereocenters. The molecule has 1 aliphatic carbocycles. The van der Waals surface area contributed by atoms with E-state index in [0.29, 0.717) is 0 Å². The van der Waals surface area contributed by atoms with Crippen molar-refractivity contribution in [3.63, 3.8) is 0 Å². The number of furan rings is 1. The van der Waals surface area contributed by atoms with Crippen molar-refractivity contribution in [3.05, 3.63) is 205 Å². The first-order chi connectivity index (χ1) is 28.5. The van der Waals surface area contributed by atoms with Gasteiger partial charge in [-0.15, -0.1) is 0 Å². The van der Waals surface area contributed by atoms with Gasteiger partial charge in [-0.25, -0.2) is 0 Å². The molecule has 3 nitrogen and oxygen atoms in total. The molecule has 3 heteroatoms. The van der Waals surface area contributed by atoms with Gasteiger partial charge >= 0.3 is 0 Å². The Morgan fingerprint density at radius 3 is 1.97 bits per heavy atom. The number of hydrogen-bond donors (Lipinski definition) is 0. The lowest BCUT2D eigenvalue weighted by molar-refractivity contribution is 0.660. The third-order valence-electron chi connectivity index (χ3n) is 12.6. The zero-order valence-electron chi connectivity index (χ0n) is 32.3. The number of benzene rings is 9. The molecule has 0 saturated carbocycles. The normalized spacial score (nSPS) is 13.1. The lowest BCUT2D eigenvalue weighted by Crippen LogP contribution is -2.16. The maximum Gasteiger partial charge on any atom is 0.143 e. The fourth-order valence-electron chi connectivity index (χ4n) is 9.74. The van der Waals surface area contributed by atoms with Crippen LogP contribution in [0.2, 0.25) is 0 Å². The van der Waals surface area contributed by atoms with Crippen molar-refractivity contribution in [1.29, 1.82) is 0 Å². The minimum Gasteiger partial charge on any atom is -0.455 e. The smallest absolute Gasteiger partial charge is 0.143 e. The van der Waals surface area contributed by atoms with Crippen molar-refractivity contribution in [2.75, 3.05) is 4.90 Å². The molecular weight excluding hydrogens is 705 g/mol. The van der Waals surface area contributed by atoms with Crippen LogP contribution in [0.25, 0.3) is 82.5 Å². The van der Waals surface area contributed by atoms with Gasteiger partial charge in [-0.05, 0) is 105 Å². The first-order valence-electron chi connectivity index (χ1n) is 20.1. The Morgan fingerprint density at radius 1 is 0.431 bits per heavy atom. The number of anilines is 3. The Bertz CT molecular complexity index is 3440. The SMILES string of the molecule is CC1(C)c2ccccc2-c2ccc(N(c3ccc4ccccc4c3)c3ccc4c(c3)c3ccccc3n4-c3ccc(-c4cccc5c4oc4ccccc45)cc3)cc21. The third-order valence-corrected chi connectivity index (χ3v) is 12.6. The Balaban J connectivity index is 1.01. The first-order valence-corrected chi connectivity index (χ1v) is 20.1. The number of fused-ring (bicyclic) bond motifs is 10. The third kappa shape index (κ3) is 4.80. The number of aromatic nitrogens is 1. The molecule has 0 radical (unpaired) electrons. The summed E-state index contributed by atoms with van der Waals surface area (Å²) in [5.74, 6) is 0. The van der Waals surface area contributed by atoms with Gasteiger partial charge in [0.2, 0.25) is 0 Å². The predicted octanol–water partition coefficient (Wildman–Crippen LogP) is 15.3. The van der Waals surface area contributed by atoms with Crippen LogP contribution in [0.5, 0.6) is 0 Å². The topological polar surface area (TPSA) is 21.3 Å². The van der Waals surface area contributed by atoms with E-state index < -0.39 is 0 Å². The van der Waals surface area contributed by atoms with E-state index >= 15 is 0 Å². The van der Waals surface area contributed by atoms with Crippen LogP contribution in [0.4, 0.5) is 17.1 Å². The largest absolute Gasteiger partial charge is 0.455 e. The van der Waals surface area contributed by atoms with Gasteiger partial charge in [0.15, 0.2) is 0 Å². The summed E-state index contributed by atoms with van der Waals surface area (Å²) in [6.45, 7) is 4.71. The molecule has 0 bridgehead atoms. The van der Waals surface area contributed by atoms with Gasteiger partial charge in [0.1, 0.15) is 11.2 Å². The van der Waals surface area contributed by atoms with Crippen LogP contribution in [0.15, 0.2) is 199 Å². The van der Waals surface area contributed by atoms with Gasteiger partial charge in [-0.3, -0.25) is 0 Å². The standard InChI is InChI=1S/C55H38N2O/c1-55(2)49-19-8-5-14-43(49)44-30-28-41(34-50(44)55)56(39-27-22-35-12-3-4-13-37(35)32-39)40-29-31-52-48(33-40)45-15-6-9-20-51(45)57(52)38-25-23-36(24-26-38)42-17-11-18-47-46-16-7-10-21-53(46)58-54(42)47/h3-34H,1-2H3. The molecule has 0 spiro atoms. The second-order valence-electron chi connectivity index (χ2n) is 16.1. The summed E-state index contributed by atoms with van der Waals surface area (Å²) in [5, 5.41) is 7.17. The number of para-hydroxylation sites is 3. The molecule has 0 saturated heterocycles. The second kappa shape index (κ2) is 12.3. The minimum atomic E-state index is -0.109. The number of rotatable bonds is 5. The molecule has 12 rings (SSSR count). The summed E-state index contributed by atoms with van der Waals surface area (Å²) in [5.41, 5.74) is 16.2. The average molecular weight is 743 g/mol. The van der Waals surface area contributed by atoms with E-state index in [4.69, 9.17) is 4.42 Å². The quantitative estimate of drug-likeness (QED) is 0.175. The van der Waals surface area contributed by atoms with E-state index in [9.17, 15) is 0 Å². The van der Waals surface area contributed by atoms with Crippen LogP contribution >= 0.6 is 0 Å². The van der Waals surface area contributed by atoms with Crippen LogP contribution in [-0.2, 0) is 5.41 Å². The summed E-state index contributed by atoms with van der Waals surface area (Å²) in [7, 11) is 0. The molecule has 2 heterocycles. The van der Waals surface area contributed by atoms with Crippen molar-refractivity contribution >= 4 is 71.6 Å². The van der Waals surface area contributed by atoms with Gasteiger partial charge in [0, 0.05) is 55.3 Å².